The van der Waals surface area contributed by atoms with Crippen molar-refractivity contribution in [3.8, 4) is 23.1 Å². The molecule has 2 aromatic heterocycles. The van der Waals surface area contributed by atoms with Gasteiger partial charge in [0, 0.05) is 24.7 Å². The summed E-state index contributed by atoms with van der Waals surface area (Å²) < 4.78 is 18.8. The number of rotatable bonds is 5. The SMILES string of the molecule is Cl.N#Cc1ccc(OCC2CC(CN)=NO2)c(-c2ccc(F)nc2)n1. The molecule has 3 rings (SSSR count). The minimum atomic E-state index is -0.594. The number of nitriles is 1. The van der Waals surface area contributed by atoms with Crippen LogP contribution in [0.5, 0.6) is 5.75 Å². The fraction of sp³-hybridized carbons (Fsp3) is 0.250. The van der Waals surface area contributed by atoms with Crippen LogP contribution < -0.4 is 10.5 Å². The van der Waals surface area contributed by atoms with E-state index >= 15 is 0 Å². The summed E-state index contributed by atoms with van der Waals surface area (Å²) in [5.41, 5.74) is 7.50. The second kappa shape index (κ2) is 8.37. The average molecular weight is 364 g/mol. The topological polar surface area (TPSA) is 106 Å². The summed E-state index contributed by atoms with van der Waals surface area (Å²) >= 11 is 0. The van der Waals surface area contributed by atoms with Gasteiger partial charge in [0.2, 0.25) is 5.95 Å². The quantitative estimate of drug-likeness (QED) is 0.815. The number of nitrogens with two attached hydrogens (primary N) is 1. The van der Waals surface area contributed by atoms with Crippen LogP contribution in [0.2, 0.25) is 0 Å². The number of halogens is 2. The van der Waals surface area contributed by atoms with Gasteiger partial charge in [-0.3, -0.25) is 0 Å². The van der Waals surface area contributed by atoms with Gasteiger partial charge in [-0.15, -0.1) is 12.4 Å². The standard InChI is InChI=1S/C16H14FN5O2.ClH/c17-15-4-1-10(8-20-15)16-14(3-2-11(6-18)21-16)23-9-13-5-12(7-19)22-24-13;/h1-4,8,13H,5,7,9,19H2;1H. The monoisotopic (exact) mass is 363 g/mol. The number of hydrogen-bond acceptors (Lipinski definition) is 7. The van der Waals surface area contributed by atoms with Crippen molar-refractivity contribution < 1.29 is 14.0 Å². The molecule has 0 aromatic carbocycles. The maximum atomic E-state index is 13.0. The predicted molar refractivity (Wildman–Crippen MR) is 90.9 cm³/mol. The van der Waals surface area contributed by atoms with Crippen molar-refractivity contribution in [2.24, 2.45) is 10.9 Å². The molecule has 0 saturated heterocycles. The van der Waals surface area contributed by atoms with Crippen LogP contribution >= 0.6 is 12.4 Å². The molecule has 0 amide bonds. The highest BCUT2D eigenvalue weighted by atomic mass is 35.5. The largest absolute Gasteiger partial charge is 0.487 e. The molecule has 0 radical (unpaired) electrons. The minimum Gasteiger partial charge on any atom is -0.487 e. The molecule has 25 heavy (non-hydrogen) atoms. The Morgan fingerprint density at radius 2 is 2.20 bits per heavy atom. The van der Waals surface area contributed by atoms with Crippen LogP contribution in [-0.2, 0) is 4.84 Å². The Labute approximate surface area is 149 Å². The molecule has 0 spiro atoms. The molecule has 1 unspecified atom stereocenters. The number of hydrogen-bond donors (Lipinski definition) is 1. The Kier molecular flexibility index (Phi) is 6.22. The maximum absolute atomic E-state index is 13.0. The van der Waals surface area contributed by atoms with Gasteiger partial charge in [0.15, 0.2) is 6.10 Å². The molecule has 7 nitrogen and oxygen atoms in total. The van der Waals surface area contributed by atoms with Crippen LogP contribution in [0, 0.1) is 17.3 Å². The fourth-order valence-electron chi connectivity index (χ4n) is 2.23. The van der Waals surface area contributed by atoms with E-state index in [4.69, 9.17) is 20.6 Å². The van der Waals surface area contributed by atoms with E-state index in [-0.39, 0.29) is 30.8 Å². The Morgan fingerprint density at radius 3 is 2.84 bits per heavy atom. The highest BCUT2D eigenvalue weighted by molar-refractivity contribution is 5.87. The maximum Gasteiger partial charge on any atom is 0.212 e. The van der Waals surface area contributed by atoms with Crippen molar-refractivity contribution in [1.82, 2.24) is 9.97 Å². The van der Waals surface area contributed by atoms with Gasteiger partial charge in [0.05, 0.1) is 5.71 Å². The van der Waals surface area contributed by atoms with Gasteiger partial charge >= 0.3 is 0 Å². The second-order valence-corrected chi connectivity index (χ2v) is 5.13. The lowest BCUT2D eigenvalue weighted by Gasteiger charge is -2.13. The van der Waals surface area contributed by atoms with Crippen molar-refractivity contribution in [3.05, 3.63) is 42.1 Å². The zero-order valence-electron chi connectivity index (χ0n) is 13.1. The van der Waals surface area contributed by atoms with Crippen LogP contribution in [-0.4, -0.2) is 34.9 Å². The van der Waals surface area contributed by atoms with Crippen molar-refractivity contribution >= 4 is 18.1 Å². The Balaban J connectivity index is 0.00000225. The molecule has 3 heterocycles. The lowest BCUT2D eigenvalue weighted by Crippen LogP contribution is -2.20. The molecule has 0 saturated carbocycles. The summed E-state index contributed by atoms with van der Waals surface area (Å²) in [5.74, 6) is -0.143. The molecule has 9 heteroatoms. The van der Waals surface area contributed by atoms with Crippen LogP contribution in [0.4, 0.5) is 4.39 Å². The van der Waals surface area contributed by atoms with Crippen LogP contribution in [0.15, 0.2) is 35.6 Å². The predicted octanol–water partition coefficient (Wildman–Crippen LogP) is 2.06. The number of pyridine rings is 2. The van der Waals surface area contributed by atoms with Gasteiger partial charge < -0.3 is 15.3 Å². The minimum absolute atomic E-state index is 0. The Morgan fingerprint density at radius 1 is 1.36 bits per heavy atom. The van der Waals surface area contributed by atoms with E-state index < -0.39 is 5.95 Å². The molecule has 0 bridgehead atoms. The van der Waals surface area contributed by atoms with E-state index in [0.717, 1.165) is 5.71 Å². The van der Waals surface area contributed by atoms with E-state index in [0.29, 0.717) is 30.0 Å². The summed E-state index contributed by atoms with van der Waals surface area (Å²) in [6.07, 6.45) is 1.72. The number of ether oxygens (including phenoxy) is 1. The summed E-state index contributed by atoms with van der Waals surface area (Å²) in [6.45, 7) is 0.601. The van der Waals surface area contributed by atoms with Gasteiger partial charge in [-0.1, -0.05) is 5.16 Å². The number of aromatic nitrogens is 2. The molecule has 2 N–H and O–H groups in total. The highest BCUT2D eigenvalue weighted by Crippen LogP contribution is 2.28. The smallest absolute Gasteiger partial charge is 0.212 e. The number of oxime groups is 1. The van der Waals surface area contributed by atoms with E-state index in [1.54, 1.807) is 12.1 Å². The first-order valence-electron chi connectivity index (χ1n) is 7.27. The zero-order chi connectivity index (χ0) is 16.9. The van der Waals surface area contributed by atoms with Crippen molar-refractivity contribution in [3.63, 3.8) is 0 Å². The third-order valence-electron chi connectivity index (χ3n) is 3.43. The zero-order valence-corrected chi connectivity index (χ0v) is 13.9. The highest BCUT2D eigenvalue weighted by Gasteiger charge is 2.21. The summed E-state index contributed by atoms with van der Waals surface area (Å²) in [4.78, 5) is 13.1. The first-order chi connectivity index (χ1) is 11.7. The third-order valence-corrected chi connectivity index (χ3v) is 3.43. The number of nitrogens with zero attached hydrogens (tertiary/aromatic N) is 4. The molecule has 130 valence electrons. The van der Waals surface area contributed by atoms with Gasteiger partial charge in [0.1, 0.15) is 29.8 Å². The molecule has 1 atom stereocenters. The lowest BCUT2D eigenvalue weighted by atomic mass is 10.1. The van der Waals surface area contributed by atoms with Crippen molar-refractivity contribution in [1.29, 1.82) is 5.26 Å². The van der Waals surface area contributed by atoms with Crippen LogP contribution in [0.25, 0.3) is 11.3 Å². The molecule has 1 aliphatic heterocycles. The van der Waals surface area contributed by atoms with E-state index in [2.05, 4.69) is 15.1 Å². The normalized spacial score (nSPS) is 15.6. The molecule has 2 aromatic rings. The Bertz CT molecular complexity index is 807. The van der Waals surface area contributed by atoms with Gasteiger partial charge in [-0.25, -0.2) is 9.97 Å². The molecule has 0 fully saturated rings. The van der Waals surface area contributed by atoms with E-state index in [1.165, 1.54) is 18.3 Å². The van der Waals surface area contributed by atoms with E-state index in [9.17, 15) is 4.39 Å². The van der Waals surface area contributed by atoms with Crippen LogP contribution in [0.3, 0.4) is 0 Å². The third kappa shape index (κ3) is 4.41. The lowest BCUT2D eigenvalue weighted by molar-refractivity contribution is 0.0471. The Hall–Kier alpha value is -2.76. The summed E-state index contributed by atoms with van der Waals surface area (Å²) in [7, 11) is 0. The van der Waals surface area contributed by atoms with Crippen molar-refractivity contribution in [2.75, 3.05) is 13.2 Å². The summed E-state index contributed by atoms with van der Waals surface area (Å²) in [6, 6.07) is 7.91. The van der Waals surface area contributed by atoms with Gasteiger partial charge in [-0.2, -0.15) is 9.65 Å². The summed E-state index contributed by atoms with van der Waals surface area (Å²) in [5, 5.41) is 12.9. The first-order valence-corrected chi connectivity index (χ1v) is 7.27. The molecule has 1 aliphatic rings. The average Bonchev–Trinajstić information content (AvgIpc) is 3.08. The second-order valence-electron chi connectivity index (χ2n) is 5.13. The van der Waals surface area contributed by atoms with Gasteiger partial charge in [0.25, 0.3) is 0 Å². The first kappa shape index (κ1) is 18.6. The van der Waals surface area contributed by atoms with Crippen molar-refractivity contribution in [2.45, 2.75) is 12.5 Å². The van der Waals surface area contributed by atoms with E-state index in [1.807, 2.05) is 6.07 Å². The van der Waals surface area contributed by atoms with Gasteiger partial charge in [-0.05, 0) is 24.3 Å². The molecular weight excluding hydrogens is 349 g/mol. The molecule has 0 aliphatic carbocycles. The molecular formula is C16H15ClFN5O2. The van der Waals surface area contributed by atoms with Crippen LogP contribution in [0.1, 0.15) is 12.1 Å². The fourth-order valence-corrected chi connectivity index (χ4v) is 2.23.